The van der Waals surface area contributed by atoms with E-state index in [1.807, 2.05) is 4.52 Å². The van der Waals surface area contributed by atoms with E-state index in [0.29, 0.717) is 0 Å². The topological polar surface area (TPSA) is 60.5 Å². The summed E-state index contributed by atoms with van der Waals surface area (Å²) in [7, 11) is 0. The van der Waals surface area contributed by atoms with E-state index in [1.54, 1.807) is 6.33 Å². The lowest BCUT2D eigenvalue weighted by atomic mass is 9.96. The SMILES string of the molecule is Cc1c(C)n(CCCN2CCOCC2)c2ncn3nc(C(C)(C)C)nc3c12. The van der Waals surface area contributed by atoms with Crippen molar-refractivity contribution in [2.75, 3.05) is 32.8 Å². The van der Waals surface area contributed by atoms with Crippen LogP contribution in [0.1, 0.15) is 44.3 Å². The lowest BCUT2D eigenvalue weighted by Gasteiger charge is -2.26. The quantitative estimate of drug-likeness (QED) is 0.707. The second-order valence-corrected chi connectivity index (χ2v) is 8.57. The molecule has 0 spiro atoms. The highest BCUT2D eigenvalue weighted by Gasteiger charge is 2.23. The summed E-state index contributed by atoms with van der Waals surface area (Å²) < 4.78 is 9.61. The first-order valence-electron chi connectivity index (χ1n) is 9.87. The van der Waals surface area contributed by atoms with E-state index in [0.717, 1.165) is 68.3 Å². The lowest BCUT2D eigenvalue weighted by molar-refractivity contribution is 0.0369. The Morgan fingerprint density at radius 3 is 2.52 bits per heavy atom. The molecule has 0 N–H and O–H groups in total. The molecular weight excluding hydrogens is 340 g/mol. The van der Waals surface area contributed by atoms with E-state index in [2.05, 4.69) is 49.2 Å². The molecule has 7 heteroatoms. The molecule has 0 bridgehead atoms. The van der Waals surface area contributed by atoms with E-state index in [9.17, 15) is 0 Å². The van der Waals surface area contributed by atoms with Crippen molar-refractivity contribution in [3.8, 4) is 0 Å². The Morgan fingerprint density at radius 2 is 1.81 bits per heavy atom. The van der Waals surface area contributed by atoms with Gasteiger partial charge in [-0.1, -0.05) is 20.8 Å². The van der Waals surface area contributed by atoms with Gasteiger partial charge in [-0.25, -0.2) is 14.5 Å². The van der Waals surface area contributed by atoms with Gasteiger partial charge in [-0.05, 0) is 25.8 Å². The van der Waals surface area contributed by atoms with Gasteiger partial charge in [-0.2, -0.15) is 0 Å². The molecule has 1 fully saturated rings. The zero-order valence-electron chi connectivity index (χ0n) is 17.1. The van der Waals surface area contributed by atoms with E-state index >= 15 is 0 Å². The molecule has 1 aliphatic rings. The molecule has 0 amide bonds. The fraction of sp³-hybridized carbons (Fsp3) is 0.650. The molecule has 146 valence electrons. The van der Waals surface area contributed by atoms with Crippen molar-refractivity contribution in [2.24, 2.45) is 0 Å². The molecule has 0 unspecified atom stereocenters. The molecule has 3 aromatic heterocycles. The van der Waals surface area contributed by atoms with Gasteiger partial charge in [0.2, 0.25) is 0 Å². The second-order valence-electron chi connectivity index (χ2n) is 8.57. The summed E-state index contributed by atoms with van der Waals surface area (Å²) in [5.41, 5.74) is 4.38. The van der Waals surface area contributed by atoms with Crippen LogP contribution in [0.2, 0.25) is 0 Å². The van der Waals surface area contributed by atoms with Crippen molar-refractivity contribution < 1.29 is 4.74 Å². The third-order valence-corrected chi connectivity index (χ3v) is 5.58. The Hall–Kier alpha value is -1.99. The van der Waals surface area contributed by atoms with Crippen molar-refractivity contribution in [3.63, 3.8) is 0 Å². The van der Waals surface area contributed by atoms with Crippen molar-refractivity contribution in [3.05, 3.63) is 23.4 Å². The third kappa shape index (κ3) is 3.34. The van der Waals surface area contributed by atoms with Gasteiger partial charge >= 0.3 is 0 Å². The normalized spacial score (nSPS) is 16.6. The van der Waals surface area contributed by atoms with Gasteiger partial charge in [0.15, 0.2) is 11.5 Å². The number of fused-ring (bicyclic) bond motifs is 3. The number of aryl methyl sites for hydroxylation is 2. The summed E-state index contributed by atoms with van der Waals surface area (Å²) >= 11 is 0. The highest BCUT2D eigenvalue weighted by molar-refractivity contribution is 5.93. The van der Waals surface area contributed by atoms with Crippen LogP contribution in [-0.4, -0.2) is 61.9 Å². The molecular formula is C20H30N6O. The molecule has 0 aromatic carbocycles. The number of morpholine rings is 1. The molecule has 27 heavy (non-hydrogen) atoms. The van der Waals surface area contributed by atoms with Crippen LogP contribution in [0.5, 0.6) is 0 Å². The van der Waals surface area contributed by atoms with Crippen LogP contribution in [0.15, 0.2) is 6.33 Å². The van der Waals surface area contributed by atoms with Gasteiger partial charge in [0.05, 0.1) is 18.6 Å². The largest absolute Gasteiger partial charge is 0.379 e. The molecule has 4 rings (SSSR count). The predicted molar refractivity (Wildman–Crippen MR) is 106 cm³/mol. The lowest BCUT2D eigenvalue weighted by Crippen LogP contribution is -2.37. The van der Waals surface area contributed by atoms with Crippen molar-refractivity contribution in [1.82, 2.24) is 29.0 Å². The van der Waals surface area contributed by atoms with Crippen LogP contribution in [-0.2, 0) is 16.7 Å². The van der Waals surface area contributed by atoms with Crippen LogP contribution < -0.4 is 0 Å². The maximum atomic E-state index is 5.44. The Balaban J connectivity index is 1.66. The Kier molecular flexibility index (Phi) is 4.68. The van der Waals surface area contributed by atoms with Crippen LogP contribution in [0.4, 0.5) is 0 Å². The highest BCUT2D eigenvalue weighted by Crippen LogP contribution is 2.28. The van der Waals surface area contributed by atoms with Gasteiger partial charge in [-0.15, -0.1) is 5.10 Å². The Labute approximate surface area is 160 Å². The minimum absolute atomic E-state index is 0.0813. The van der Waals surface area contributed by atoms with Gasteiger partial charge in [-0.3, -0.25) is 4.90 Å². The minimum atomic E-state index is -0.0813. The number of nitrogens with zero attached hydrogens (tertiary/aromatic N) is 6. The van der Waals surface area contributed by atoms with Crippen molar-refractivity contribution in [1.29, 1.82) is 0 Å². The first kappa shape index (κ1) is 18.4. The highest BCUT2D eigenvalue weighted by atomic mass is 16.5. The molecule has 7 nitrogen and oxygen atoms in total. The monoisotopic (exact) mass is 370 g/mol. The van der Waals surface area contributed by atoms with E-state index in [-0.39, 0.29) is 5.41 Å². The zero-order chi connectivity index (χ0) is 19.2. The first-order valence-corrected chi connectivity index (χ1v) is 9.87. The zero-order valence-corrected chi connectivity index (χ0v) is 17.1. The van der Waals surface area contributed by atoms with E-state index < -0.39 is 0 Å². The van der Waals surface area contributed by atoms with Crippen LogP contribution in [0.3, 0.4) is 0 Å². The number of ether oxygens (including phenoxy) is 1. The number of hydrogen-bond acceptors (Lipinski definition) is 5. The minimum Gasteiger partial charge on any atom is -0.379 e. The number of hydrogen-bond donors (Lipinski definition) is 0. The van der Waals surface area contributed by atoms with Crippen molar-refractivity contribution >= 4 is 16.7 Å². The summed E-state index contributed by atoms with van der Waals surface area (Å²) in [6.45, 7) is 16.6. The molecule has 0 atom stereocenters. The molecule has 3 aromatic rings. The molecule has 0 saturated carbocycles. The fourth-order valence-electron chi connectivity index (χ4n) is 3.80. The maximum absolute atomic E-state index is 5.44. The van der Waals surface area contributed by atoms with Crippen molar-refractivity contribution in [2.45, 2.75) is 53.0 Å². The fourth-order valence-corrected chi connectivity index (χ4v) is 3.80. The summed E-state index contributed by atoms with van der Waals surface area (Å²) in [5.74, 6) is 0.855. The first-order chi connectivity index (χ1) is 12.9. The molecule has 1 saturated heterocycles. The third-order valence-electron chi connectivity index (χ3n) is 5.58. The van der Waals surface area contributed by atoms with Crippen LogP contribution in [0, 0.1) is 13.8 Å². The maximum Gasteiger partial charge on any atom is 0.168 e. The van der Waals surface area contributed by atoms with Gasteiger partial charge in [0.1, 0.15) is 12.0 Å². The molecule has 0 aliphatic carbocycles. The second kappa shape index (κ2) is 6.87. The number of aromatic nitrogens is 5. The number of rotatable bonds is 4. The summed E-state index contributed by atoms with van der Waals surface area (Å²) in [5, 5.41) is 5.78. The molecule has 0 radical (unpaired) electrons. The van der Waals surface area contributed by atoms with Gasteiger partial charge in [0.25, 0.3) is 0 Å². The summed E-state index contributed by atoms with van der Waals surface area (Å²) in [4.78, 5) is 12.1. The predicted octanol–water partition coefficient (Wildman–Crippen LogP) is 2.72. The van der Waals surface area contributed by atoms with E-state index in [4.69, 9.17) is 14.7 Å². The van der Waals surface area contributed by atoms with Gasteiger partial charge < -0.3 is 9.30 Å². The Morgan fingerprint density at radius 1 is 1.07 bits per heavy atom. The smallest absolute Gasteiger partial charge is 0.168 e. The van der Waals surface area contributed by atoms with Crippen LogP contribution >= 0.6 is 0 Å². The average Bonchev–Trinajstić information content (AvgIpc) is 3.17. The Bertz CT molecular complexity index is 959. The van der Waals surface area contributed by atoms with E-state index in [1.165, 1.54) is 11.3 Å². The summed E-state index contributed by atoms with van der Waals surface area (Å²) in [6, 6.07) is 0. The molecule has 1 aliphatic heterocycles. The molecule has 4 heterocycles. The average molecular weight is 371 g/mol. The summed E-state index contributed by atoms with van der Waals surface area (Å²) in [6.07, 6.45) is 2.91. The van der Waals surface area contributed by atoms with Gasteiger partial charge in [0, 0.05) is 37.3 Å². The standard InChI is InChI=1S/C20H30N6O/c1-14-15(2)25(8-6-7-24-9-11-27-12-10-24)17-16(14)18-22-19(20(3,4)5)23-26(18)13-21-17/h13H,6-12H2,1-5H3. The van der Waals surface area contributed by atoms with Crippen LogP contribution in [0.25, 0.3) is 16.7 Å².